The molecule has 1 aromatic heterocycles. The lowest BCUT2D eigenvalue weighted by molar-refractivity contribution is -0.137. The first-order valence-electron chi connectivity index (χ1n) is 5.96. The number of benzene rings is 1. The van der Waals surface area contributed by atoms with Crippen LogP contribution in [0.4, 0.5) is 13.2 Å². The molecule has 2 aromatic rings. The number of ether oxygens (including phenoxy) is 1. The molecule has 116 valence electrons. The van der Waals surface area contributed by atoms with Crippen molar-refractivity contribution in [3.05, 3.63) is 58.4 Å². The first kappa shape index (κ1) is 16.1. The van der Waals surface area contributed by atoms with E-state index in [0.717, 1.165) is 6.07 Å². The number of oxime groups is 1. The maximum atomic E-state index is 12.6. The lowest BCUT2D eigenvalue weighted by atomic mass is 10.1. The van der Waals surface area contributed by atoms with Gasteiger partial charge in [-0.25, -0.2) is 0 Å². The van der Waals surface area contributed by atoms with Crippen LogP contribution in [0.2, 0.25) is 5.02 Å². The zero-order valence-corrected chi connectivity index (χ0v) is 12.0. The van der Waals surface area contributed by atoms with E-state index < -0.39 is 11.7 Å². The van der Waals surface area contributed by atoms with Gasteiger partial charge in [0.05, 0.1) is 17.7 Å². The standard InChI is InChI=1S/C14H10ClF3N2O2/c1-22-10-4-2-8(3-5-10)12(20-21)13-11(15)6-9(7-19-13)14(16,17)18/h2-7,21H,1H3/b20-12+. The number of alkyl halides is 3. The van der Waals surface area contributed by atoms with Gasteiger partial charge in [0, 0.05) is 11.8 Å². The number of halogens is 4. The Labute approximate surface area is 128 Å². The third kappa shape index (κ3) is 3.30. The highest BCUT2D eigenvalue weighted by molar-refractivity contribution is 6.35. The van der Waals surface area contributed by atoms with Gasteiger partial charge < -0.3 is 9.94 Å². The van der Waals surface area contributed by atoms with E-state index in [4.69, 9.17) is 21.5 Å². The number of hydrogen-bond donors (Lipinski definition) is 1. The number of hydrogen-bond acceptors (Lipinski definition) is 4. The quantitative estimate of drug-likeness (QED) is 0.526. The normalized spacial score (nSPS) is 12.3. The summed E-state index contributed by atoms with van der Waals surface area (Å²) in [4.78, 5) is 3.66. The second-order valence-electron chi connectivity index (χ2n) is 4.23. The molecule has 1 aromatic carbocycles. The zero-order chi connectivity index (χ0) is 16.3. The van der Waals surface area contributed by atoms with Crippen LogP contribution < -0.4 is 4.74 Å². The van der Waals surface area contributed by atoms with Crippen molar-refractivity contribution >= 4 is 17.3 Å². The van der Waals surface area contributed by atoms with E-state index in [9.17, 15) is 13.2 Å². The van der Waals surface area contributed by atoms with Crippen LogP contribution in [0.5, 0.6) is 5.75 Å². The lowest BCUT2D eigenvalue weighted by Crippen LogP contribution is -2.11. The van der Waals surface area contributed by atoms with Crippen molar-refractivity contribution in [2.45, 2.75) is 6.18 Å². The van der Waals surface area contributed by atoms with Gasteiger partial charge in [0.15, 0.2) is 0 Å². The van der Waals surface area contributed by atoms with E-state index in [1.807, 2.05) is 0 Å². The Kier molecular flexibility index (Phi) is 4.56. The third-order valence-electron chi connectivity index (χ3n) is 2.86. The predicted molar refractivity (Wildman–Crippen MR) is 74.7 cm³/mol. The summed E-state index contributed by atoms with van der Waals surface area (Å²) in [7, 11) is 1.49. The Morgan fingerprint density at radius 2 is 1.91 bits per heavy atom. The van der Waals surface area contributed by atoms with Crippen LogP contribution in [0.1, 0.15) is 16.8 Å². The Bertz CT molecular complexity index is 700. The minimum absolute atomic E-state index is 0.0404. The number of rotatable bonds is 3. The van der Waals surface area contributed by atoms with Gasteiger partial charge in [-0.05, 0) is 30.3 Å². The van der Waals surface area contributed by atoms with Gasteiger partial charge >= 0.3 is 6.18 Å². The first-order chi connectivity index (χ1) is 10.4. The molecule has 0 radical (unpaired) electrons. The van der Waals surface area contributed by atoms with Crippen molar-refractivity contribution in [2.24, 2.45) is 5.16 Å². The topological polar surface area (TPSA) is 54.7 Å². The van der Waals surface area contributed by atoms with Crippen molar-refractivity contribution in [3.63, 3.8) is 0 Å². The number of methoxy groups -OCH3 is 1. The van der Waals surface area contributed by atoms with Crippen LogP contribution in [-0.2, 0) is 6.18 Å². The average Bonchev–Trinajstić information content (AvgIpc) is 2.49. The van der Waals surface area contributed by atoms with Crippen LogP contribution in [0, 0.1) is 0 Å². The fourth-order valence-electron chi connectivity index (χ4n) is 1.76. The number of aromatic nitrogens is 1. The molecule has 0 aliphatic carbocycles. The smallest absolute Gasteiger partial charge is 0.417 e. The molecular formula is C14H10ClF3N2O2. The molecule has 8 heteroatoms. The minimum atomic E-state index is -4.55. The second kappa shape index (κ2) is 6.23. The van der Waals surface area contributed by atoms with Crippen molar-refractivity contribution in [2.75, 3.05) is 7.11 Å². The molecule has 0 amide bonds. The summed E-state index contributed by atoms with van der Waals surface area (Å²) < 4.78 is 42.8. The fourth-order valence-corrected chi connectivity index (χ4v) is 2.01. The van der Waals surface area contributed by atoms with Gasteiger partial charge in [-0.3, -0.25) is 4.98 Å². The predicted octanol–water partition coefficient (Wildman–Crippen LogP) is 3.99. The Hall–Kier alpha value is -2.28. The summed E-state index contributed by atoms with van der Waals surface area (Å²) in [6.45, 7) is 0. The molecule has 0 spiro atoms. The fraction of sp³-hybridized carbons (Fsp3) is 0.143. The lowest BCUT2D eigenvalue weighted by Gasteiger charge is -2.10. The van der Waals surface area contributed by atoms with Gasteiger partial charge in [-0.2, -0.15) is 13.2 Å². The van der Waals surface area contributed by atoms with Crippen LogP contribution in [0.25, 0.3) is 0 Å². The van der Waals surface area contributed by atoms with E-state index >= 15 is 0 Å². The van der Waals surface area contributed by atoms with E-state index in [0.29, 0.717) is 17.5 Å². The molecule has 0 bridgehead atoms. The molecule has 22 heavy (non-hydrogen) atoms. The van der Waals surface area contributed by atoms with E-state index in [2.05, 4.69) is 10.1 Å². The Morgan fingerprint density at radius 3 is 2.36 bits per heavy atom. The van der Waals surface area contributed by atoms with Crippen molar-refractivity contribution in [1.82, 2.24) is 4.98 Å². The molecule has 4 nitrogen and oxygen atoms in total. The van der Waals surface area contributed by atoms with E-state index in [1.165, 1.54) is 7.11 Å². The van der Waals surface area contributed by atoms with Gasteiger partial charge in [0.1, 0.15) is 17.2 Å². The summed E-state index contributed by atoms with van der Waals surface area (Å²) in [6, 6.07) is 7.10. The zero-order valence-electron chi connectivity index (χ0n) is 11.2. The molecule has 0 atom stereocenters. The molecule has 0 fully saturated rings. The molecule has 0 aliphatic rings. The number of pyridine rings is 1. The van der Waals surface area contributed by atoms with Crippen LogP contribution in [-0.4, -0.2) is 23.0 Å². The molecule has 0 saturated heterocycles. The largest absolute Gasteiger partial charge is 0.497 e. The molecule has 1 heterocycles. The van der Waals surface area contributed by atoms with Crippen LogP contribution in [0.3, 0.4) is 0 Å². The highest BCUT2D eigenvalue weighted by Gasteiger charge is 2.32. The van der Waals surface area contributed by atoms with Crippen LogP contribution in [0.15, 0.2) is 41.7 Å². The summed E-state index contributed by atoms with van der Waals surface area (Å²) in [5.74, 6) is 0.576. The maximum Gasteiger partial charge on any atom is 0.417 e. The van der Waals surface area contributed by atoms with Crippen molar-refractivity contribution in [3.8, 4) is 5.75 Å². The third-order valence-corrected chi connectivity index (χ3v) is 3.14. The minimum Gasteiger partial charge on any atom is -0.497 e. The van der Waals surface area contributed by atoms with Gasteiger partial charge in [0.25, 0.3) is 0 Å². The molecule has 0 aliphatic heterocycles. The summed E-state index contributed by atoms with van der Waals surface area (Å²) in [5, 5.41) is 12.0. The Morgan fingerprint density at radius 1 is 1.27 bits per heavy atom. The molecule has 0 saturated carbocycles. The maximum absolute atomic E-state index is 12.6. The second-order valence-corrected chi connectivity index (χ2v) is 4.64. The van der Waals surface area contributed by atoms with Crippen molar-refractivity contribution in [1.29, 1.82) is 0 Å². The molecule has 1 N–H and O–H groups in total. The number of nitrogens with zero attached hydrogens (tertiary/aromatic N) is 2. The van der Waals surface area contributed by atoms with Crippen molar-refractivity contribution < 1.29 is 23.1 Å². The summed E-state index contributed by atoms with van der Waals surface area (Å²) >= 11 is 5.84. The van der Waals surface area contributed by atoms with Gasteiger partial charge in [0.2, 0.25) is 0 Å². The van der Waals surface area contributed by atoms with Gasteiger partial charge in [-0.1, -0.05) is 16.8 Å². The first-order valence-corrected chi connectivity index (χ1v) is 6.34. The SMILES string of the molecule is COc1ccc(/C(=N\O)c2ncc(C(F)(F)F)cc2Cl)cc1. The Balaban J connectivity index is 2.43. The molecule has 2 rings (SSSR count). The molecular weight excluding hydrogens is 321 g/mol. The molecule has 0 unspecified atom stereocenters. The summed E-state index contributed by atoms with van der Waals surface area (Å²) in [5.41, 5.74) is -0.644. The summed E-state index contributed by atoms with van der Waals surface area (Å²) in [6.07, 6.45) is -3.91. The van der Waals surface area contributed by atoms with E-state index in [-0.39, 0.29) is 16.4 Å². The van der Waals surface area contributed by atoms with Gasteiger partial charge in [-0.15, -0.1) is 0 Å². The highest BCUT2D eigenvalue weighted by Crippen LogP contribution is 2.31. The van der Waals surface area contributed by atoms with Crippen LogP contribution >= 0.6 is 11.6 Å². The average molecular weight is 331 g/mol. The highest BCUT2D eigenvalue weighted by atomic mass is 35.5. The van der Waals surface area contributed by atoms with E-state index in [1.54, 1.807) is 24.3 Å². The monoisotopic (exact) mass is 330 g/mol.